The van der Waals surface area contributed by atoms with Gasteiger partial charge in [0.05, 0.1) is 14.7 Å². The minimum absolute atomic E-state index is 0.113. The summed E-state index contributed by atoms with van der Waals surface area (Å²) >= 11 is 0. The lowest BCUT2D eigenvalue weighted by Gasteiger charge is -2.16. The van der Waals surface area contributed by atoms with E-state index in [9.17, 15) is 0 Å². The number of benzene rings is 1. The largest absolute Gasteiger partial charge is 0.392 e. The van der Waals surface area contributed by atoms with Crippen molar-refractivity contribution in [2.45, 2.75) is 26.6 Å². The Morgan fingerprint density at radius 2 is 1.73 bits per heavy atom. The molecule has 0 radical (unpaired) electrons. The van der Waals surface area contributed by atoms with Gasteiger partial charge in [-0.3, -0.25) is 0 Å². The van der Waals surface area contributed by atoms with Crippen LogP contribution in [-0.4, -0.2) is 19.8 Å². The van der Waals surface area contributed by atoms with Crippen LogP contribution >= 0.6 is 0 Å². The van der Waals surface area contributed by atoms with Gasteiger partial charge in [-0.1, -0.05) is 55.2 Å². The van der Waals surface area contributed by atoms with E-state index in [-0.39, 0.29) is 6.61 Å². The monoisotopic (exact) mass is 220 g/mol. The van der Waals surface area contributed by atoms with Crippen molar-refractivity contribution < 1.29 is 5.11 Å². The molecule has 0 aliphatic carbocycles. The second-order valence-electron chi connectivity index (χ2n) is 4.90. The Kier molecular flexibility index (Phi) is 3.88. The molecule has 1 rings (SSSR count). The van der Waals surface area contributed by atoms with E-state index in [0.29, 0.717) is 0 Å². The fourth-order valence-electron chi connectivity index (χ4n) is 1.49. The van der Waals surface area contributed by atoms with Gasteiger partial charge in [0.1, 0.15) is 0 Å². The third-order valence-corrected chi connectivity index (χ3v) is 4.67. The van der Waals surface area contributed by atoms with E-state index in [2.05, 4.69) is 43.9 Å². The molecule has 1 aromatic carbocycles. The van der Waals surface area contributed by atoms with Crippen LogP contribution in [-0.2, 0) is 0 Å². The maximum absolute atomic E-state index is 8.81. The number of aliphatic hydroxyl groups excluding tert-OH is 1. The first-order valence-electron chi connectivity index (χ1n) is 5.33. The molecular formula is C13H20OSi. The zero-order chi connectivity index (χ0) is 11.5. The van der Waals surface area contributed by atoms with Gasteiger partial charge in [-0.05, 0) is 18.1 Å². The molecule has 0 aliphatic rings. The first kappa shape index (κ1) is 12.2. The van der Waals surface area contributed by atoms with Gasteiger partial charge in [0.2, 0.25) is 0 Å². The maximum Gasteiger partial charge on any atom is 0.0775 e. The summed E-state index contributed by atoms with van der Waals surface area (Å²) in [4.78, 5) is 0. The molecule has 0 aromatic heterocycles. The molecule has 0 heterocycles. The zero-order valence-corrected chi connectivity index (χ0v) is 11.0. The lowest BCUT2D eigenvalue weighted by atomic mass is 10.1. The van der Waals surface area contributed by atoms with E-state index in [1.807, 2.05) is 13.0 Å². The molecule has 0 saturated carbocycles. The van der Waals surface area contributed by atoms with E-state index in [1.165, 1.54) is 10.8 Å². The zero-order valence-electron chi connectivity index (χ0n) is 10.0. The smallest absolute Gasteiger partial charge is 0.0775 e. The molecule has 0 spiro atoms. The van der Waals surface area contributed by atoms with Crippen molar-refractivity contribution in [1.29, 1.82) is 0 Å². The molecule has 2 heteroatoms. The molecule has 15 heavy (non-hydrogen) atoms. The highest BCUT2D eigenvalue weighted by Crippen LogP contribution is 2.13. The van der Waals surface area contributed by atoms with Crippen LogP contribution < -0.4 is 5.19 Å². The Bertz CT molecular complexity index is 344. The van der Waals surface area contributed by atoms with Crippen molar-refractivity contribution in [3.05, 3.63) is 35.9 Å². The van der Waals surface area contributed by atoms with Gasteiger partial charge in [-0.15, -0.1) is 0 Å². The predicted molar refractivity (Wildman–Crippen MR) is 70.2 cm³/mol. The van der Waals surface area contributed by atoms with Crippen LogP contribution in [0.4, 0.5) is 0 Å². The molecular weight excluding hydrogens is 200 g/mol. The first-order valence-corrected chi connectivity index (χ1v) is 8.83. The van der Waals surface area contributed by atoms with Gasteiger partial charge < -0.3 is 5.11 Å². The predicted octanol–water partition coefficient (Wildman–Crippen LogP) is 2.63. The highest BCUT2D eigenvalue weighted by molar-refractivity contribution is 6.88. The molecule has 0 unspecified atom stereocenters. The maximum atomic E-state index is 8.81. The average molecular weight is 220 g/mol. The van der Waals surface area contributed by atoms with Crippen molar-refractivity contribution in [2.24, 2.45) is 0 Å². The van der Waals surface area contributed by atoms with Gasteiger partial charge in [0.15, 0.2) is 0 Å². The van der Waals surface area contributed by atoms with E-state index in [1.54, 1.807) is 0 Å². The van der Waals surface area contributed by atoms with Gasteiger partial charge in [-0.2, -0.15) is 0 Å². The second kappa shape index (κ2) is 4.77. The third-order valence-electron chi connectivity index (χ3n) is 2.60. The quantitative estimate of drug-likeness (QED) is 0.776. The summed E-state index contributed by atoms with van der Waals surface area (Å²) in [6.45, 7) is 9.18. The number of aliphatic hydroxyl groups is 1. The molecule has 0 saturated heterocycles. The van der Waals surface area contributed by atoms with Crippen LogP contribution in [0.3, 0.4) is 0 Å². The number of hydrogen-bond acceptors (Lipinski definition) is 1. The highest BCUT2D eigenvalue weighted by Gasteiger charge is 2.15. The molecule has 1 aromatic rings. The van der Waals surface area contributed by atoms with Gasteiger partial charge in [0, 0.05) is 0 Å². The van der Waals surface area contributed by atoms with Gasteiger partial charge in [0.25, 0.3) is 0 Å². The van der Waals surface area contributed by atoms with Gasteiger partial charge >= 0.3 is 0 Å². The van der Waals surface area contributed by atoms with Crippen molar-refractivity contribution in [3.8, 4) is 0 Å². The van der Waals surface area contributed by atoms with Gasteiger partial charge in [-0.25, -0.2) is 0 Å². The van der Waals surface area contributed by atoms with Crippen LogP contribution in [0, 0.1) is 0 Å². The lowest BCUT2D eigenvalue weighted by molar-refractivity contribution is 0.343. The Labute approximate surface area is 93.5 Å². The number of allylic oxidation sites excluding steroid dienone is 1. The van der Waals surface area contributed by atoms with Crippen LogP contribution in [0.5, 0.6) is 0 Å². The number of hydrogen-bond donors (Lipinski definition) is 1. The molecule has 0 bridgehead atoms. The first-order chi connectivity index (χ1) is 6.95. The summed E-state index contributed by atoms with van der Waals surface area (Å²) in [7, 11) is -1.18. The minimum Gasteiger partial charge on any atom is -0.392 e. The minimum atomic E-state index is -1.18. The summed E-state index contributed by atoms with van der Waals surface area (Å²) in [6.07, 6.45) is 1.84. The normalized spacial score (nSPS) is 13.0. The summed E-state index contributed by atoms with van der Waals surface area (Å²) in [5.74, 6) is 0. The van der Waals surface area contributed by atoms with Crippen LogP contribution in [0.1, 0.15) is 12.5 Å². The van der Waals surface area contributed by atoms with E-state index in [0.717, 1.165) is 5.57 Å². The summed E-state index contributed by atoms with van der Waals surface area (Å²) in [6, 6.07) is 8.73. The Morgan fingerprint density at radius 3 is 2.13 bits per heavy atom. The van der Waals surface area contributed by atoms with E-state index in [4.69, 9.17) is 5.11 Å². The summed E-state index contributed by atoms with van der Waals surface area (Å²) in [5, 5.41) is 10.3. The molecule has 0 aliphatic heterocycles. The van der Waals surface area contributed by atoms with Crippen LogP contribution in [0.15, 0.2) is 30.3 Å². The molecule has 1 N–H and O–H groups in total. The van der Waals surface area contributed by atoms with Crippen molar-refractivity contribution in [3.63, 3.8) is 0 Å². The summed E-state index contributed by atoms with van der Waals surface area (Å²) in [5.41, 5.74) is 2.34. The molecule has 1 nitrogen and oxygen atoms in total. The Hall–Kier alpha value is -0.863. The average Bonchev–Trinajstić information content (AvgIpc) is 2.17. The molecule has 82 valence electrons. The molecule has 0 amide bonds. The highest BCUT2D eigenvalue weighted by atomic mass is 28.3. The SMILES string of the molecule is C/C(=C\CO)c1ccc([Si](C)(C)C)cc1. The fourth-order valence-corrected chi connectivity index (χ4v) is 2.65. The Morgan fingerprint density at radius 1 is 1.20 bits per heavy atom. The molecule has 0 fully saturated rings. The summed E-state index contributed by atoms with van der Waals surface area (Å²) < 4.78 is 0. The molecule has 0 atom stereocenters. The Balaban J connectivity index is 2.96. The van der Waals surface area contributed by atoms with Crippen molar-refractivity contribution in [2.75, 3.05) is 6.61 Å². The van der Waals surface area contributed by atoms with Crippen molar-refractivity contribution in [1.82, 2.24) is 0 Å². The third kappa shape index (κ3) is 3.32. The van der Waals surface area contributed by atoms with E-state index < -0.39 is 8.07 Å². The number of rotatable bonds is 3. The standard InChI is InChI=1S/C13H20OSi/c1-11(9-10-14)12-5-7-13(8-6-12)15(2,3)4/h5-9,14H,10H2,1-4H3/b11-9+. The van der Waals surface area contributed by atoms with E-state index >= 15 is 0 Å². The van der Waals surface area contributed by atoms with Crippen molar-refractivity contribution >= 4 is 18.8 Å². The van der Waals surface area contributed by atoms with Crippen LogP contribution in [0.2, 0.25) is 19.6 Å². The topological polar surface area (TPSA) is 20.2 Å². The van der Waals surface area contributed by atoms with Crippen LogP contribution in [0.25, 0.3) is 5.57 Å². The second-order valence-corrected chi connectivity index (χ2v) is 9.97. The lowest BCUT2D eigenvalue weighted by Crippen LogP contribution is -2.37. The fraction of sp³-hybridized carbons (Fsp3) is 0.385.